The number of allylic oxidation sites excluding steroid dienone is 2. The topological polar surface area (TPSA) is 225 Å². The molecular weight excluding hydrogens is 784 g/mol. The van der Waals surface area contributed by atoms with Gasteiger partial charge in [-0.1, -0.05) is 56.2 Å². The average molecular weight is 835 g/mol. The van der Waals surface area contributed by atoms with Gasteiger partial charge in [0.25, 0.3) is 0 Å². The monoisotopic (exact) mass is 834 g/mol. The lowest BCUT2D eigenvalue weighted by molar-refractivity contribution is -0.142. The van der Waals surface area contributed by atoms with Crippen molar-refractivity contribution in [2.24, 2.45) is 0 Å². The predicted octanol–water partition coefficient (Wildman–Crippen LogP) is 4.97. The van der Waals surface area contributed by atoms with Crippen molar-refractivity contribution in [3.8, 4) is 11.1 Å². The first-order chi connectivity index (χ1) is 28.2. The summed E-state index contributed by atoms with van der Waals surface area (Å²) >= 11 is 0. The molecule has 0 aromatic heterocycles. The van der Waals surface area contributed by atoms with Crippen molar-refractivity contribution >= 4 is 41.8 Å². The van der Waals surface area contributed by atoms with E-state index in [9.17, 15) is 43.8 Å². The van der Waals surface area contributed by atoms with E-state index in [0.717, 1.165) is 11.1 Å². The largest absolute Gasteiger partial charge is 0.459 e. The summed E-state index contributed by atoms with van der Waals surface area (Å²) in [6, 6.07) is 7.76. The molecule has 16 heteroatoms. The van der Waals surface area contributed by atoms with Crippen LogP contribution in [0.4, 0.5) is 0 Å². The summed E-state index contributed by atoms with van der Waals surface area (Å²) in [5.74, 6) is -6.33. The van der Waals surface area contributed by atoms with Crippen molar-refractivity contribution in [2.45, 2.75) is 52.7 Å². The highest BCUT2D eigenvalue weighted by atomic mass is 16.6. The lowest BCUT2D eigenvalue weighted by atomic mass is 9.95. The van der Waals surface area contributed by atoms with Crippen LogP contribution in [0.3, 0.4) is 0 Å². The highest BCUT2D eigenvalue weighted by molar-refractivity contribution is 6.06. The average Bonchev–Trinajstić information content (AvgIpc) is 3.21. The lowest BCUT2D eigenvalue weighted by Crippen LogP contribution is -2.26. The van der Waals surface area contributed by atoms with Crippen LogP contribution in [0.1, 0.15) is 82.0 Å². The zero-order valence-electron chi connectivity index (χ0n) is 34.1. The Kier molecular flexibility index (Phi) is 20.1. The van der Waals surface area contributed by atoms with E-state index in [2.05, 4.69) is 32.9 Å². The molecule has 0 amide bonds. The van der Waals surface area contributed by atoms with Crippen LogP contribution >= 0.6 is 0 Å². The van der Waals surface area contributed by atoms with Gasteiger partial charge in [-0.2, -0.15) is 0 Å². The first-order valence-corrected chi connectivity index (χ1v) is 18.4. The second kappa shape index (κ2) is 24.3. The van der Waals surface area contributed by atoms with Crippen molar-refractivity contribution in [3.05, 3.63) is 119 Å². The number of esters is 7. The zero-order valence-corrected chi connectivity index (χ0v) is 34.1. The maximum Gasteiger partial charge on any atom is 0.339 e. The third kappa shape index (κ3) is 16.3. The third-order valence-electron chi connectivity index (χ3n) is 8.00. The van der Waals surface area contributed by atoms with Crippen LogP contribution in [0.2, 0.25) is 0 Å². The fraction of sp³-hybridized carbons (Fsp3) is 0.341. The Morgan fingerprint density at radius 3 is 1.22 bits per heavy atom. The van der Waals surface area contributed by atoms with Crippen LogP contribution in [-0.2, 0) is 47.5 Å². The predicted molar refractivity (Wildman–Crippen MR) is 216 cm³/mol. The molecule has 2 N–H and O–H groups in total. The molecule has 0 spiro atoms. The summed E-state index contributed by atoms with van der Waals surface area (Å²) in [6.45, 7) is 21.0. The Morgan fingerprint density at radius 2 is 0.817 bits per heavy atom. The second-order valence-corrected chi connectivity index (χ2v) is 13.4. The van der Waals surface area contributed by atoms with Crippen LogP contribution in [0.25, 0.3) is 11.1 Å². The highest BCUT2D eigenvalue weighted by Gasteiger charge is 2.25. The molecule has 0 aliphatic rings. The smallest absolute Gasteiger partial charge is 0.339 e. The van der Waals surface area contributed by atoms with Gasteiger partial charge in [0, 0.05) is 16.7 Å². The molecule has 2 atom stereocenters. The van der Waals surface area contributed by atoms with Crippen molar-refractivity contribution in [1.82, 2.24) is 0 Å². The number of ether oxygens (including phenoxy) is 7. The van der Waals surface area contributed by atoms with Gasteiger partial charge in [-0.05, 0) is 75.9 Å². The summed E-state index contributed by atoms with van der Waals surface area (Å²) in [5.41, 5.74) is 1.02. The molecule has 2 aromatic carbocycles. The first kappa shape index (κ1) is 49.5. The van der Waals surface area contributed by atoms with Gasteiger partial charge < -0.3 is 43.4 Å². The number of rotatable bonds is 24. The minimum atomic E-state index is -1.43. The van der Waals surface area contributed by atoms with Crippen LogP contribution in [0.5, 0.6) is 0 Å². The van der Waals surface area contributed by atoms with E-state index < -0.39 is 87.0 Å². The normalized spacial score (nSPS) is 11.4. The van der Waals surface area contributed by atoms with E-state index in [1.807, 2.05) is 0 Å². The van der Waals surface area contributed by atoms with E-state index in [4.69, 9.17) is 33.2 Å². The highest BCUT2D eigenvalue weighted by Crippen LogP contribution is 2.28. The molecule has 0 saturated carbocycles. The Hall–Kier alpha value is -6.65. The van der Waals surface area contributed by atoms with Gasteiger partial charge in [0.1, 0.15) is 52.4 Å². The molecule has 2 aromatic rings. The number of hydrogen-bond donors (Lipinski definition) is 2. The van der Waals surface area contributed by atoms with E-state index in [0.29, 0.717) is 6.42 Å². The van der Waals surface area contributed by atoms with Crippen molar-refractivity contribution in [3.63, 3.8) is 0 Å². The molecule has 0 bridgehead atoms. The van der Waals surface area contributed by atoms with Gasteiger partial charge >= 0.3 is 41.8 Å². The minimum Gasteiger partial charge on any atom is -0.459 e. The lowest BCUT2D eigenvalue weighted by Gasteiger charge is -2.16. The quantitative estimate of drug-likeness (QED) is 0.0468. The summed E-state index contributed by atoms with van der Waals surface area (Å²) in [6.07, 6.45) is -1.87. The molecule has 322 valence electrons. The van der Waals surface area contributed by atoms with Crippen LogP contribution in [0, 0.1) is 0 Å². The molecular formula is C44H50O16. The fourth-order valence-corrected chi connectivity index (χ4v) is 4.56. The molecule has 0 saturated heterocycles. The van der Waals surface area contributed by atoms with E-state index in [1.54, 1.807) is 6.92 Å². The van der Waals surface area contributed by atoms with Gasteiger partial charge in [0.2, 0.25) is 0 Å². The number of hydrogen-bond acceptors (Lipinski definition) is 16. The zero-order chi connectivity index (χ0) is 45.1. The summed E-state index contributed by atoms with van der Waals surface area (Å²) in [4.78, 5) is 88.6. The standard InChI is InChI=1S/C44H50O16/c1-25(2)29(9)10-13-32(45)22-59-41(50)34-14-11-30(20-36(34)43(52)56-18-16-54-38(47)26(3)4)31-12-15-35(42(51)60-24-33(46)23-58-40(49)28(7)8)37(21-31)44(53)57-19-17-55-39(48)27(5)6/h11-12,14-15,20-21,32-33,45-46H,1,3,5,7,9-10,13,16-19,22-24H2,2,4,6,8H3. The Balaban J connectivity index is 2.49. The molecule has 0 heterocycles. The van der Waals surface area contributed by atoms with E-state index in [-0.39, 0.29) is 69.7 Å². The van der Waals surface area contributed by atoms with Gasteiger partial charge in [0.05, 0.1) is 28.4 Å². The summed E-state index contributed by atoms with van der Waals surface area (Å²) < 4.78 is 35.9. The molecule has 0 fully saturated rings. The maximum atomic E-state index is 13.4. The number of aliphatic hydroxyl groups is 2. The molecule has 0 aliphatic carbocycles. The van der Waals surface area contributed by atoms with Gasteiger partial charge in [-0.3, -0.25) is 0 Å². The van der Waals surface area contributed by atoms with Crippen LogP contribution in [0.15, 0.2) is 97.2 Å². The molecule has 2 unspecified atom stereocenters. The molecule has 16 nitrogen and oxygen atoms in total. The SMILES string of the molecule is C=C(C)C(=C)CCC(O)COC(=O)c1ccc(-c2ccc(C(=O)OCC(O)COC(=O)C(=C)C)c(C(=O)OCCOC(=O)C(=C)C)c2)cc1C(=O)OCCOC(=O)C(=C)C. The van der Waals surface area contributed by atoms with Gasteiger partial charge in [0.15, 0.2) is 0 Å². The summed E-state index contributed by atoms with van der Waals surface area (Å²) in [5, 5.41) is 20.6. The first-order valence-electron chi connectivity index (χ1n) is 18.4. The van der Waals surface area contributed by atoms with E-state index in [1.165, 1.54) is 57.2 Å². The fourth-order valence-electron chi connectivity index (χ4n) is 4.56. The number of aliphatic hydroxyl groups excluding tert-OH is 2. The van der Waals surface area contributed by atoms with Crippen molar-refractivity contribution in [1.29, 1.82) is 0 Å². The Bertz CT molecular complexity index is 1880. The molecule has 0 aliphatic heterocycles. The van der Waals surface area contributed by atoms with Crippen molar-refractivity contribution < 1.29 is 76.9 Å². The number of carbonyl (C=O) groups is 7. The maximum absolute atomic E-state index is 13.4. The second-order valence-electron chi connectivity index (χ2n) is 13.4. The third-order valence-corrected chi connectivity index (χ3v) is 8.00. The minimum absolute atomic E-state index is 0.0876. The van der Waals surface area contributed by atoms with E-state index >= 15 is 0 Å². The van der Waals surface area contributed by atoms with Gasteiger partial charge in [-0.15, -0.1) is 0 Å². The van der Waals surface area contributed by atoms with Crippen molar-refractivity contribution in [2.75, 3.05) is 46.2 Å². The number of carbonyl (C=O) groups excluding carboxylic acids is 7. The van der Waals surface area contributed by atoms with Crippen LogP contribution < -0.4 is 0 Å². The Morgan fingerprint density at radius 1 is 0.467 bits per heavy atom. The number of benzene rings is 2. The molecule has 2 rings (SSSR count). The van der Waals surface area contributed by atoms with Gasteiger partial charge in [-0.25, -0.2) is 33.6 Å². The summed E-state index contributed by atoms with van der Waals surface area (Å²) in [7, 11) is 0. The molecule has 60 heavy (non-hydrogen) atoms. The van der Waals surface area contributed by atoms with Crippen LogP contribution in [-0.4, -0.2) is 110 Å². The molecule has 0 radical (unpaired) electrons. The Labute approximate surface area is 347 Å².